The Morgan fingerprint density at radius 1 is 0.935 bits per heavy atom. The van der Waals surface area contributed by atoms with E-state index < -0.39 is 0 Å². The van der Waals surface area contributed by atoms with Crippen LogP contribution in [0.25, 0.3) is 10.2 Å². The third kappa shape index (κ3) is 4.34. The number of amides is 2. The molecule has 0 saturated carbocycles. The minimum absolute atomic E-state index is 0.0659. The number of anilines is 1. The summed E-state index contributed by atoms with van der Waals surface area (Å²) in [6.07, 6.45) is 2.62. The summed E-state index contributed by atoms with van der Waals surface area (Å²) in [5.41, 5.74) is 2.64. The summed E-state index contributed by atoms with van der Waals surface area (Å²) in [5.74, 6) is 0.241. The molecular formula is C24H26N4O2S. The Bertz CT molecular complexity index is 1050. The molecule has 0 unspecified atom stereocenters. The number of piperidine rings is 1. The number of benzene rings is 2. The second-order valence-electron chi connectivity index (χ2n) is 8.19. The molecule has 31 heavy (non-hydrogen) atoms. The van der Waals surface area contributed by atoms with Gasteiger partial charge in [-0.3, -0.25) is 14.5 Å². The number of hydrogen-bond donors (Lipinski definition) is 0. The lowest BCUT2D eigenvalue weighted by atomic mass is 10.1. The number of carbonyl (C=O) groups is 2. The van der Waals surface area contributed by atoms with Crippen LogP contribution in [0.1, 0.15) is 34.6 Å². The second-order valence-corrected chi connectivity index (χ2v) is 9.31. The van der Waals surface area contributed by atoms with Crippen molar-refractivity contribution in [3.63, 3.8) is 0 Å². The Morgan fingerprint density at radius 3 is 2.45 bits per heavy atom. The summed E-state index contributed by atoms with van der Waals surface area (Å²) in [6, 6.07) is 15.7. The van der Waals surface area contributed by atoms with Crippen molar-refractivity contribution < 1.29 is 9.59 Å². The number of nitrogens with zero attached hydrogens (tertiary/aromatic N) is 4. The van der Waals surface area contributed by atoms with Crippen LogP contribution in [-0.2, 0) is 11.3 Å². The van der Waals surface area contributed by atoms with E-state index in [4.69, 9.17) is 4.98 Å². The van der Waals surface area contributed by atoms with Crippen molar-refractivity contribution >= 4 is 39.1 Å². The quantitative estimate of drug-likeness (QED) is 0.627. The van der Waals surface area contributed by atoms with E-state index in [2.05, 4.69) is 17.0 Å². The molecule has 0 atom stereocenters. The summed E-state index contributed by atoms with van der Waals surface area (Å²) in [6.45, 7) is 4.74. The average molecular weight is 435 g/mol. The number of para-hydroxylation sites is 1. The molecular weight excluding hydrogens is 408 g/mol. The van der Waals surface area contributed by atoms with E-state index in [0.29, 0.717) is 12.0 Å². The predicted molar refractivity (Wildman–Crippen MR) is 123 cm³/mol. The van der Waals surface area contributed by atoms with Gasteiger partial charge in [0.1, 0.15) is 5.01 Å². The average Bonchev–Trinajstić information content (AvgIpc) is 3.22. The van der Waals surface area contributed by atoms with Gasteiger partial charge in [-0.2, -0.15) is 0 Å². The lowest BCUT2D eigenvalue weighted by molar-refractivity contribution is -0.119. The largest absolute Gasteiger partial charge is 0.336 e. The zero-order chi connectivity index (χ0) is 21.2. The second kappa shape index (κ2) is 8.77. The number of rotatable bonds is 4. The molecule has 2 aromatic carbocycles. The van der Waals surface area contributed by atoms with E-state index in [0.717, 1.165) is 68.3 Å². The Labute approximate surface area is 186 Å². The summed E-state index contributed by atoms with van der Waals surface area (Å²) < 4.78 is 1.22. The lowest BCUT2D eigenvalue weighted by Gasteiger charge is -2.34. The summed E-state index contributed by atoms with van der Waals surface area (Å²) in [5, 5.41) is 1.13. The third-order valence-electron chi connectivity index (χ3n) is 6.11. The Balaban J connectivity index is 1.17. The van der Waals surface area contributed by atoms with Crippen molar-refractivity contribution in [1.82, 2.24) is 14.8 Å². The van der Waals surface area contributed by atoms with Crippen LogP contribution in [0.2, 0.25) is 0 Å². The molecule has 2 amide bonds. The van der Waals surface area contributed by atoms with Gasteiger partial charge in [-0.05, 0) is 49.2 Å². The van der Waals surface area contributed by atoms with E-state index in [1.165, 1.54) is 4.70 Å². The highest BCUT2D eigenvalue weighted by atomic mass is 32.1. The molecule has 7 heteroatoms. The maximum atomic E-state index is 13.0. The van der Waals surface area contributed by atoms with Crippen molar-refractivity contribution in [1.29, 1.82) is 0 Å². The van der Waals surface area contributed by atoms with Gasteiger partial charge >= 0.3 is 0 Å². The topological polar surface area (TPSA) is 56.8 Å². The predicted octanol–water partition coefficient (Wildman–Crippen LogP) is 3.77. The molecule has 160 valence electrons. The molecule has 6 nitrogen and oxygen atoms in total. The number of hydrogen-bond acceptors (Lipinski definition) is 5. The van der Waals surface area contributed by atoms with E-state index in [-0.39, 0.29) is 11.8 Å². The normalized spacial score (nSPS) is 18.0. The zero-order valence-corrected chi connectivity index (χ0v) is 18.3. The smallest absolute Gasteiger partial charge is 0.253 e. The Morgan fingerprint density at radius 2 is 1.71 bits per heavy atom. The van der Waals surface area contributed by atoms with Crippen LogP contribution in [0.5, 0.6) is 0 Å². The van der Waals surface area contributed by atoms with Gasteiger partial charge in [0.2, 0.25) is 5.91 Å². The number of aromatic nitrogens is 1. The fraction of sp³-hybridized carbons (Fsp3) is 0.375. The highest BCUT2D eigenvalue weighted by Gasteiger charge is 2.24. The van der Waals surface area contributed by atoms with Crippen molar-refractivity contribution in [2.24, 2.45) is 0 Å². The minimum atomic E-state index is 0.0659. The molecule has 5 rings (SSSR count). The van der Waals surface area contributed by atoms with Gasteiger partial charge in [-0.15, -0.1) is 11.3 Å². The molecule has 0 N–H and O–H groups in total. The molecule has 3 heterocycles. The van der Waals surface area contributed by atoms with E-state index in [9.17, 15) is 9.59 Å². The molecule has 0 bridgehead atoms. The van der Waals surface area contributed by atoms with Crippen molar-refractivity contribution in [3.8, 4) is 0 Å². The van der Waals surface area contributed by atoms with Gasteiger partial charge in [-0.1, -0.05) is 12.1 Å². The van der Waals surface area contributed by atoms with Crippen LogP contribution in [0.4, 0.5) is 5.69 Å². The molecule has 2 saturated heterocycles. The Kier molecular flexibility index (Phi) is 5.70. The van der Waals surface area contributed by atoms with Gasteiger partial charge in [0.05, 0.1) is 16.8 Å². The first-order valence-corrected chi connectivity index (χ1v) is 11.8. The van der Waals surface area contributed by atoms with Gasteiger partial charge in [0.25, 0.3) is 5.91 Å². The third-order valence-corrected chi connectivity index (χ3v) is 7.13. The van der Waals surface area contributed by atoms with E-state index in [1.54, 1.807) is 11.3 Å². The van der Waals surface area contributed by atoms with E-state index >= 15 is 0 Å². The van der Waals surface area contributed by atoms with Crippen molar-refractivity contribution in [2.45, 2.75) is 25.8 Å². The molecule has 0 spiro atoms. The highest BCUT2D eigenvalue weighted by molar-refractivity contribution is 7.18. The molecule has 2 aliphatic heterocycles. The van der Waals surface area contributed by atoms with Crippen LogP contribution < -0.4 is 4.90 Å². The molecule has 0 radical (unpaired) electrons. The zero-order valence-electron chi connectivity index (χ0n) is 17.5. The SMILES string of the molecule is O=C(c1ccc(N2CCCCC2=O)cc1)N1CCN(Cc2nc3ccccc3s2)CC1. The van der Waals surface area contributed by atoms with Crippen LogP contribution in [0, 0.1) is 0 Å². The van der Waals surface area contributed by atoms with Gasteiger partial charge < -0.3 is 9.80 Å². The first-order valence-electron chi connectivity index (χ1n) is 10.9. The number of carbonyl (C=O) groups excluding carboxylic acids is 2. The Hall–Kier alpha value is -2.77. The van der Waals surface area contributed by atoms with E-state index in [1.807, 2.05) is 46.2 Å². The number of piperazine rings is 1. The number of fused-ring (bicyclic) bond motifs is 1. The first-order chi connectivity index (χ1) is 15.2. The monoisotopic (exact) mass is 434 g/mol. The van der Waals surface area contributed by atoms with Crippen molar-refractivity contribution in [2.75, 3.05) is 37.6 Å². The molecule has 0 aliphatic carbocycles. The molecule has 1 aromatic heterocycles. The standard InChI is InChI=1S/C24H26N4O2S/c29-23-7-3-4-12-28(23)19-10-8-18(9-11-19)24(30)27-15-13-26(14-16-27)17-22-25-20-5-1-2-6-21(20)31-22/h1-2,5-6,8-11H,3-4,7,12-17H2. The molecule has 2 aliphatic rings. The van der Waals surface area contributed by atoms with Crippen LogP contribution >= 0.6 is 11.3 Å². The lowest BCUT2D eigenvalue weighted by Crippen LogP contribution is -2.48. The first kappa shape index (κ1) is 20.2. The number of thiazole rings is 1. The summed E-state index contributed by atoms with van der Waals surface area (Å²) in [7, 11) is 0. The minimum Gasteiger partial charge on any atom is -0.336 e. The summed E-state index contributed by atoms with van der Waals surface area (Å²) in [4.78, 5) is 35.9. The maximum Gasteiger partial charge on any atom is 0.253 e. The van der Waals surface area contributed by atoms with Gasteiger partial charge in [-0.25, -0.2) is 4.98 Å². The van der Waals surface area contributed by atoms with Gasteiger partial charge in [0.15, 0.2) is 0 Å². The summed E-state index contributed by atoms with van der Waals surface area (Å²) >= 11 is 1.75. The van der Waals surface area contributed by atoms with Crippen LogP contribution in [0.15, 0.2) is 48.5 Å². The fourth-order valence-corrected chi connectivity index (χ4v) is 5.34. The fourth-order valence-electron chi connectivity index (χ4n) is 4.33. The molecule has 2 fully saturated rings. The van der Waals surface area contributed by atoms with Crippen LogP contribution in [0.3, 0.4) is 0 Å². The van der Waals surface area contributed by atoms with Crippen molar-refractivity contribution in [3.05, 3.63) is 59.1 Å². The maximum absolute atomic E-state index is 13.0. The van der Waals surface area contributed by atoms with Gasteiger partial charge in [0, 0.05) is 50.4 Å². The highest BCUT2D eigenvalue weighted by Crippen LogP contribution is 2.24. The van der Waals surface area contributed by atoms with Crippen LogP contribution in [-0.4, -0.2) is 59.3 Å². The molecule has 3 aromatic rings.